The van der Waals surface area contributed by atoms with Gasteiger partial charge in [-0.15, -0.1) is 0 Å². The van der Waals surface area contributed by atoms with Crippen molar-refractivity contribution in [1.82, 2.24) is 84.3 Å². The van der Waals surface area contributed by atoms with Crippen molar-refractivity contribution in [2.75, 3.05) is 11.5 Å². The number of ketones is 2. The van der Waals surface area contributed by atoms with Gasteiger partial charge in [0.05, 0.1) is 57.7 Å². The molecule has 10 heterocycles. The Kier molecular flexibility index (Phi) is 36.4. The van der Waals surface area contributed by atoms with Gasteiger partial charge in [0.2, 0.25) is 0 Å². The van der Waals surface area contributed by atoms with Crippen LogP contribution in [0.1, 0.15) is 144 Å². The first kappa shape index (κ1) is 104. The van der Waals surface area contributed by atoms with Gasteiger partial charge in [0.1, 0.15) is 57.6 Å². The molecule has 0 amide bonds. The molecule has 39 heteroatoms. The van der Waals surface area contributed by atoms with E-state index in [0.717, 1.165) is 49.3 Å². The van der Waals surface area contributed by atoms with Crippen LogP contribution < -0.4 is 67.7 Å². The number of carbonyl (C=O) groups is 2. The summed E-state index contributed by atoms with van der Waals surface area (Å²) in [5.41, 5.74) is 17.7. The van der Waals surface area contributed by atoms with Crippen LogP contribution in [0.3, 0.4) is 0 Å². The van der Waals surface area contributed by atoms with Crippen LogP contribution in [0, 0.1) is 0 Å². The van der Waals surface area contributed by atoms with Gasteiger partial charge >= 0.3 is 28.4 Å². The van der Waals surface area contributed by atoms with Crippen LogP contribution in [0.25, 0.3) is 56.3 Å². The molecular formula is C102H105Br4N20O14P. The van der Waals surface area contributed by atoms with Crippen molar-refractivity contribution in [2.24, 2.45) is 0 Å². The topological polar surface area (TPSA) is 429 Å². The van der Waals surface area contributed by atoms with E-state index < -0.39 is 45.9 Å². The van der Waals surface area contributed by atoms with Gasteiger partial charge in [-0.25, -0.2) is 43.9 Å². The van der Waals surface area contributed by atoms with Crippen molar-refractivity contribution in [1.29, 1.82) is 0 Å². The summed E-state index contributed by atoms with van der Waals surface area (Å²) in [6.07, 6.45) is 5.29. The molecule has 9 aromatic heterocycles. The number of anilines is 2. The molecule has 0 atom stereocenters. The summed E-state index contributed by atoms with van der Waals surface area (Å²) in [5, 5.41) is 19.5. The number of aliphatic hydroxyl groups excluding tert-OH is 2. The first-order valence-corrected chi connectivity index (χ1v) is 54.2. The summed E-state index contributed by atoms with van der Waals surface area (Å²) in [5.74, 6) is 1.35. The molecule has 7 N–H and O–H groups in total. The molecule has 17 aromatic rings. The summed E-state index contributed by atoms with van der Waals surface area (Å²) >= 11 is 12.9. The van der Waals surface area contributed by atoms with E-state index in [9.17, 15) is 67.7 Å². The van der Waals surface area contributed by atoms with Crippen LogP contribution in [0.15, 0.2) is 291 Å². The minimum Gasteiger partial charge on any atom is -0.391 e. The molecule has 0 radical (unpaired) electrons. The average molecular weight is 2190 g/mol. The lowest BCUT2D eigenvalue weighted by Gasteiger charge is -2.14. The maximum atomic E-state index is 13.4. The number of H-pyrrole nitrogens is 1. The van der Waals surface area contributed by atoms with Crippen molar-refractivity contribution < 1.29 is 19.8 Å². The first-order chi connectivity index (χ1) is 68.2. The average Bonchev–Trinajstić information content (AvgIpc) is 1.53. The van der Waals surface area contributed by atoms with E-state index in [2.05, 4.69) is 94.5 Å². The van der Waals surface area contributed by atoms with Gasteiger partial charge < -0.3 is 40.4 Å². The fourth-order valence-electron chi connectivity index (χ4n) is 16.4. The number of aromatic amines is 1. The van der Waals surface area contributed by atoms with Crippen LogP contribution in [0.5, 0.6) is 0 Å². The van der Waals surface area contributed by atoms with Crippen molar-refractivity contribution in [2.45, 2.75) is 170 Å². The van der Waals surface area contributed by atoms with E-state index in [1.54, 1.807) is 57.7 Å². The third-order valence-corrected chi connectivity index (χ3v) is 23.6. The molecule has 0 bridgehead atoms. The molecule has 0 saturated heterocycles. The Bertz CT molecular complexity index is 7780. The number of hydrogen-bond acceptors (Lipinski definition) is 20. The summed E-state index contributed by atoms with van der Waals surface area (Å²) in [7, 11) is 0. The number of alkyl halides is 1. The number of fused-ring (bicyclic) bond motifs is 6. The van der Waals surface area contributed by atoms with Gasteiger partial charge in [-0.2, -0.15) is 0 Å². The summed E-state index contributed by atoms with van der Waals surface area (Å²) in [4.78, 5) is 176. The Morgan fingerprint density at radius 3 is 1.02 bits per heavy atom. The zero-order valence-corrected chi connectivity index (χ0v) is 85.3. The van der Waals surface area contributed by atoms with Gasteiger partial charge in [-0.3, -0.25) is 79.2 Å². The molecule has 0 unspecified atom stereocenters. The van der Waals surface area contributed by atoms with Gasteiger partial charge in [0, 0.05) is 43.9 Å². The van der Waals surface area contributed by atoms with E-state index >= 15 is 0 Å². The number of aromatic nitrogens is 18. The predicted molar refractivity (Wildman–Crippen MR) is 566 cm³/mol. The number of benzene rings is 8. The van der Waals surface area contributed by atoms with Crippen molar-refractivity contribution in [3.63, 3.8) is 0 Å². The first-order valence-electron chi connectivity index (χ1n) is 45.7. The second-order valence-electron chi connectivity index (χ2n) is 32.8. The maximum absolute atomic E-state index is 13.4. The van der Waals surface area contributed by atoms with Crippen molar-refractivity contribution in [3.8, 4) is 0 Å². The Labute approximate surface area is 840 Å². The molecule has 1 aliphatic rings. The number of carbonyl (C=O) groups excluding carboxylic acids is 2. The largest absolute Gasteiger partial charge is 0.391 e. The van der Waals surface area contributed by atoms with Crippen molar-refractivity contribution in [3.05, 3.63) is 415 Å². The van der Waals surface area contributed by atoms with Crippen LogP contribution in [-0.2, 0) is 104 Å². The SMILES string of the molecule is BrP(Br)Br.CCCn1c(=O)c(N)c(N)n(Cc2ccccc2)c1=O.CCCn1c(=O)c2[nH]c(CO)nc2n(Cc2ccccc2)c1=O.CCCn1c(=O)c2c(nc(CBr)n2CC(=O)c2ccccc2)n(Cc2ccccc2)c1=O.CCCn1c(=O)c2c(nc(CO)n2CC(=O)c2ccccc2)n(Cc2ccccc2)c1=O.CCCn1c(=O)c2c(nc3n2CC(c2ccccc2)=C3)n(Cc2ccccc2)c1=O. The Morgan fingerprint density at radius 2 is 0.667 bits per heavy atom. The zero-order valence-electron chi connectivity index (χ0n) is 78.0. The maximum Gasteiger partial charge on any atom is 0.333 e. The number of nitrogen functional groups attached to an aromatic ring is 2. The van der Waals surface area contributed by atoms with Gasteiger partial charge in [0.25, 0.3) is 27.8 Å². The van der Waals surface area contributed by atoms with Gasteiger partial charge in [-0.05, 0) is 124 Å². The van der Waals surface area contributed by atoms with E-state index in [-0.39, 0.29) is 123 Å². The number of hydrogen-bond donors (Lipinski definition) is 5. The summed E-state index contributed by atoms with van der Waals surface area (Å²) in [6, 6.07) is 75.4. The minimum absolute atomic E-state index is 0.0243. The minimum atomic E-state index is -0.515. The molecule has 0 aliphatic carbocycles. The highest BCUT2D eigenvalue weighted by Gasteiger charge is 2.29. The number of Topliss-reactive ketones (excluding diaryl/α,β-unsaturated/α-hetero) is 2. The van der Waals surface area contributed by atoms with E-state index in [4.69, 9.17) is 16.5 Å². The smallest absolute Gasteiger partial charge is 0.333 e. The standard InChI is InChI=1S/C24H23BrN4O3.C24H24N4O4.C24H22N4O2.C16H18N4O3.C14H18N4O2.Br3P/c1-2-13-27-23(31)21-22(29(24(27)32)15-17-9-5-3-6-10-17)26-20(14-25)28(21)16-19(30)18-11-7-4-8-12-18;1-2-13-26-23(31)21-22(28(24(26)32)14-17-9-5-3-6-10-17)25-20(16-29)27(21)15-19(30)18-11-7-4-8-12-18;1-2-13-26-23(29)21-22(28(24(26)30)15-17-9-5-3-6-10-17)25-20-14-19(16-27(20)21)18-11-7-4-8-12-18;1-2-8-19-15(22)13-14(18-12(10-21)17-13)20(16(19)23)9-11-6-4-3-5-7-11;1-2-8-17-13(19)11(15)12(16)18(14(17)20)9-10-6-4-3-5-7-10;1-4(2)3/h3-12H,2,13-16H2,1H3;3-12,29H,2,13-16H2,1H3;3-12,14H,2,13,15-16H2,1H3;3-7,21H,2,8-10H2,1H3,(H,17,18);3-7H,2,8-9,15-16H2,1H3;. The molecular weight excluding hydrogens is 2080 g/mol. The van der Waals surface area contributed by atoms with Crippen LogP contribution in [0.2, 0.25) is 0 Å². The lowest BCUT2D eigenvalue weighted by molar-refractivity contribution is 0.0963. The van der Waals surface area contributed by atoms with E-state index in [1.807, 2.05) is 227 Å². The molecule has 0 spiro atoms. The highest BCUT2D eigenvalue weighted by atomic mass is 80.0. The van der Waals surface area contributed by atoms with Crippen LogP contribution >= 0.6 is 66.4 Å². The normalized spacial score (nSPS) is 11.4. The molecule has 141 heavy (non-hydrogen) atoms. The molecule has 8 aromatic carbocycles. The Balaban J connectivity index is 0.000000148. The summed E-state index contributed by atoms with van der Waals surface area (Å²) in [6.45, 7) is 12.2. The van der Waals surface area contributed by atoms with Gasteiger partial charge in [-0.1, -0.05) is 293 Å². The molecule has 0 fully saturated rings. The monoisotopic (exact) mass is 2180 g/mol. The number of imidazole rings is 4. The third-order valence-electron chi connectivity index (χ3n) is 23.1. The molecule has 0 saturated carbocycles. The third kappa shape index (κ3) is 24.2. The number of rotatable bonds is 30. The highest BCUT2D eigenvalue weighted by molar-refractivity contribution is 9.93. The number of allylic oxidation sites excluding steroid dienone is 1. The van der Waals surface area contributed by atoms with Crippen LogP contribution in [0.4, 0.5) is 11.5 Å². The summed E-state index contributed by atoms with van der Waals surface area (Å²) < 4.78 is 18.3. The highest BCUT2D eigenvalue weighted by Crippen LogP contribution is 2.59. The lowest BCUT2D eigenvalue weighted by atomic mass is 10.1. The molecule has 18 rings (SSSR count). The number of nitrogens with zero attached hydrogens (tertiary/aromatic N) is 17. The second kappa shape index (κ2) is 49.2. The predicted octanol–water partition coefficient (Wildman–Crippen LogP) is 14.0. The fourth-order valence-corrected chi connectivity index (χ4v) is 16.8. The molecule has 34 nitrogen and oxygen atoms in total. The number of halogens is 4. The fraction of sp³-hybridized carbons (Fsp3) is 0.255. The number of nitrogens with two attached hydrogens (primary N) is 2. The van der Waals surface area contributed by atoms with E-state index in [0.29, 0.717) is 124 Å². The molecule has 1 aliphatic heterocycles. The second-order valence-corrected chi connectivity index (χ2v) is 48.7. The Morgan fingerprint density at radius 1 is 0.362 bits per heavy atom. The lowest BCUT2D eigenvalue weighted by Crippen LogP contribution is -2.42. The quantitative estimate of drug-likeness (QED) is 0.0159. The van der Waals surface area contributed by atoms with Crippen LogP contribution in [-0.4, -0.2) is 106 Å². The molecule has 730 valence electrons. The number of nitrogens with one attached hydrogen (secondary N) is 1. The number of aliphatic hydroxyl groups is 2. The zero-order chi connectivity index (χ0) is 101. The van der Waals surface area contributed by atoms with E-state index in [1.165, 1.54) is 41.1 Å². The Hall–Kier alpha value is -14.0. The van der Waals surface area contributed by atoms with Gasteiger partial charge in [0.15, 0.2) is 50.7 Å². The van der Waals surface area contributed by atoms with Crippen molar-refractivity contribution >= 4 is 146 Å².